The Morgan fingerprint density at radius 3 is 2.69 bits per heavy atom. The van der Waals surface area contributed by atoms with Gasteiger partial charge in [-0.15, -0.1) is 4.72 Å². The lowest BCUT2D eigenvalue weighted by atomic mass is 9.74. The minimum absolute atomic E-state index is 0.177. The molecule has 1 saturated heterocycles. The van der Waals surface area contributed by atoms with Crippen LogP contribution in [0.15, 0.2) is 4.60 Å². The molecule has 0 bridgehead atoms. The predicted octanol–water partition coefficient (Wildman–Crippen LogP) is 3.18. The molecule has 3 heterocycles. The first-order valence-electron chi connectivity index (χ1n) is 9.98. The normalized spacial score (nSPS) is 22.9. The van der Waals surface area contributed by atoms with E-state index in [9.17, 15) is 9.81 Å². The van der Waals surface area contributed by atoms with Crippen molar-refractivity contribution in [1.82, 2.24) is 24.9 Å². The summed E-state index contributed by atoms with van der Waals surface area (Å²) in [5.41, 5.74) is 1.07. The molecule has 2 aliphatic rings. The fraction of sp³-hybridized carbons (Fsp3) is 0.684. The van der Waals surface area contributed by atoms with Crippen molar-refractivity contribution in [2.45, 2.75) is 63.7 Å². The van der Waals surface area contributed by atoms with Gasteiger partial charge in [0.15, 0.2) is 11.3 Å². The first-order chi connectivity index (χ1) is 13.7. The summed E-state index contributed by atoms with van der Waals surface area (Å²) in [6.45, 7) is 7.68. The quantitative estimate of drug-likeness (QED) is 0.648. The number of nitrogens with zero attached hydrogens (tertiary/aromatic N) is 5. The van der Waals surface area contributed by atoms with Gasteiger partial charge in [-0.1, -0.05) is 6.42 Å². The molecular formula is C19H26BrN7OS. The van der Waals surface area contributed by atoms with Gasteiger partial charge in [-0.05, 0) is 67.8 Å². The van der Waals surface area contributed by atoms with Crippen molar-refractivity contribution in [2.75, 3.05) is 18.0 Å². The predicted molar refractivity (Wildman–Crippen MR) is 117 cm³/mol. The fourth-order valence-electron chi connectivity index (χ4n) is 4.48. The maximum atomic E-state index is 12.7. The number of H-pyrrole nitrogens is 1. The lowest BCUT2D eigenvalue weighted by molar-refractivity contribution is 0.186. The van der Waals surface area contributed by atoms with Crippen LogP contribution in [-0.4, -0.2) is 48.6 Å². The number of aromatic nitrogens is 4. The van der Waals surface area contributed by atoms with Crippen molar-refractivity contribution in [3.8, 4) is 6.07 Å². The van der Waals surface area contributed by atoms with Crippen molar-refractivity contribution >= 4 is 44.3 Å². The summed E-state index contributed by atoms with van der Waals surface area (Å²) < 4.78 is 16.4. The molecule has 0 radical (unpaired) electrons. The SMILES string of the molecule is CC(C)(C)[S@@+]([O-])N[C@@H]1CCCC12CCN(c1nc(C#N)c3c(Br)n[nH]c3n1)CC2. The van der Waals surface area contributed by atoms with Crippen LogP contribution in [0.3, 0.4) is 0 Å². The van der Waals surface area contributed by atoms with E-state index in [2.05, 4.69) is 51.8 Å². The molecule has 1 aliphatic heterocycles. The summed E-state index contributed by atoms with van der Waals surface area (Å²) in [6.07, 6.45) is 5.41. The number of halogens is 1. The number of hydrogen-bond donors (Lipinski definition) is 2. The minimum Gasteiger partial charge on any atom is -0.598 e. The van der Waals surface area contributed by atoms with Crippen LogP contribution in [0.1, 0.15) is 58.6 Å². The van der Waals surface area contributed by atoms with Crippen molar-refractivity contribution in [3.05, 3.63) is 10.3 Å². The highest BCUT2D eigenvalue weighted by Gasteiger charge is 2.48. The van der Waals surface area contributed by atoms with E-state index < -0.39 is 11.4 Å². The monoisotopic (exact) mass is 479 g/mol. The molecule has 10 heteroatoms. The van der Waals surface area contributed by atoms with Gasteiger partial charge in [-0.3, -0.25) is 5.10 Å². The number of nitrogens with one attached hydrogen (secondary N) is 2. The van der Waals surface area contributed by atoms with Crippen LogP contribution in [0.2, 0.25) is 0 Å². The van der Waals surface area contributed by atoms with Crippen molar-refractivity contribution in [1.29, 1.82) is 5.26 Å². The molecule has 2 aromatic heterocycles. The molecule has 29 heavy (non-hydrogen) atoms. The van der Waals surface area contributed by atoms with Gasteiger partial charge in [0.25, 0.3) is 0 Å². The smallest absolute Gasteiger partial charge is 0.228 e. The van der Waals surface area contributed by atoms with Crippen LogP contribution in [0.5, 0.6) is 0 Å². The van der Waals surface area contributed by atoms with Gasteiger partial charge in [0.1, 0.15) is 15.4 Å². The van der Waals surface area contributed by atoms with E-state index in [4.69, 9.17) is 0 Å². The Kier molecular flexibility index (Phi) is 5.53. The molecule has 0 aromatic carbocycles. The Morgan fingerprint density at radius 2 is 2.03 bits per heavy atom. The van der Waals surface area contributed by atoms with Gasteiger partial charge in [0.2, 0.25) is 5.95 Å². The summed E-state index contributed by atoms with van der Waals surface area (Å²) in [5, 5.41) is 17.1. The zero-order valence-corrected chi connectivity index (χ0v) is 19.4. The molecule has 8 nitrogen and oxygen atoms in total. The molecule has 156 valence electrons. The minimum atomic E-state index is -1.06. The van der Waals surface area contributed by atoms with Crippen LogP contribution in [0.25, 0.3) is 11.0 Å². The zero-order valence-electron chi connectivity index (χ0n) is 17.0. The molecule has 2 atom stereocenters. The van der Waals surface area contributed by atoms with Gasteiger partial charge in [0, 0.05) is 24.5 Å². The van der Waals surface area contributed by atoms with Crippen LogP contribution < -0.4 is 9.62 Å². The fourth-order valence-corrected chi connectivity index (χ4v) is 5.93. The van der Waals surface area contributed by atoms with E-state index in [0.29, 0.717) is 27.3 Å². The Labute approximate surface area is 182 Å². The second-order valence-electron chi connectivity index (χ2n) is 9.02. The van der Waals surface area contributed by atoms with Gasteiger partial charge in [0.05, 0.1) is 11.4 Å². The highest BCUT2D eigenvalue weighted by molar-refractivity contribution is 9.10. The summed E-state index contributed by atoms with van der Waals surface area (Å²) >= 11 is 2.28. The maximum absolute atomic E-state index is 12.7. The third-order valence-corrected chi connectivity index (χ3v) is 8.41. The number of fused-ring (bicyclic) bond motifs is 1. The number of nitriles is 1. The molecule has 2 aromatic rings. The largest absolute Gasteiger partial charge is 0.598 e. The van der Waals surface area contributed by atoms with Crippen molar-refractivity contribution in [3.63, 3.8) is 0 Å². The molecule has 0 amide bonds. The van der Waals surface area contributed by atoms with E-state index in [1.165, 1.54) is 6.42 Å². The average molecular weight is 480 g/mol. The highest BCUT2D eigenvalue weighted by atomic mass is 79.9. The topological polar surface area (TPSA) is 117 Å². The number of anilines is 1. The van der Waals surface area contributed by atoms with Gasteiger partial charge in [-0.25, -0.2) is 4.98 Å². The molecule has 1 aliphatic carbocycles. The van der Waals surface area contributed by atoms with Gasteiger partial charge < -0.3 is 9.45 Å². The van der Waals surface area contributed by atoms with Gasteiger partial charge >= 0.3 is 0 Å². The standard InChI is InChI=1S/C19H26BrN7OS/c1-18(2,3)29(28)26-13-5-4-6-19(13)7-9-27(10-8-19)17-22-12(11-21)14-15(20)24-25-16(14)23-17/h13,26H,4-10H2,1-3H3,(H,22,23,24,25)/t13-,29-/m1/s1. The number of rotatable bonds is 3. The molecule has 4 rings (SSSR count). The van der Waals surface area contributed by atoms with Crippen LogP contribution in [0.4, 0.5) is 5.95 Å². The maximum Gasteiger partial charge on any atom is 0.228 e. The van der Waals surface area contributed by atoms with Crippen LogP contribution >= 0.6 is 15.9 Å². The second-order valence-corrected chi connectivity index (χ2v) is 11.8. The lowest BCUT2D eigenvalue weighted by Crippen LogP contribution is -2.53. The Hall–Kier alpha value is -1.41. The number of piperidine rings is 1. The Balaban J connectivity index is 1.51. The average Bonchev–Trinajstić information content (AvgIpc) is 3.25. The third kappa shape index (κ3) is 3.85. The summed E-state index contributed by atoms with van der Waals surface area (Å²) in [5.74, 6) is 0.570. The molecule has 0 unspecified atom stereocenters. The summed E-state index contributed by atoms with van der Waals surface area (Å²) in [7, 11) is 0. The van der Waals surface area contributed by atoms with Crippen molar-refractivity contribution in [2.24, 2.45) is 5.41 Å². The third-order valence-electron chi connectivity index (χ3n) is 6.22. The van der Waals surface area contributed by atoms with Crippen LogP contribution in [-0.2, 0) is 11.4 Å². The summed E-state index contributed by atoms with van der Waals surface area (Å²) in [4.78, 5) is 11.2. The number of aromatic amines is 1. The molecule has 1 spiro atoms. The molecule has 1 saturated carbocycles. The molecule has 2 fully saturated rings. The van der Waals surface area contributed by atoms with E-state index in [0.717, 1.165) is 38.8 Å². The molecular weight excluding hydrogens is 454 g/mol. The summed E-state index contributed by atoms with van der Waals surface area (Å²) in [6, 6.07) is 2.44. The van der Waals surface area contributed by atoms with Gasteiger partial charge in [-0.2, -0.15) is 15.3 Å². The first kappa shape index (κ1) is 20.8. The van der Waals surface area contributed by atoms with Crippen molar-refractivity contribution < 1.29 is 4.55 Å². The van der Waals surface area contributed by atoms with E-state index >= 15 is 0 Å². The Morgan fingerprint density at radius 1 is 1.31 bits per heavy atom. The van der Waals surface area contributed by atoms with E-state index in [-0.39, 0.29) is 16.2 Å². The second kappa shape index (κ2) is 7.69. The van der Waals surface area contributed by atoms with Crippen LogP contribution in [0, 0.1) is 16.7 Å². The van der Waals surface area contributed by atoms with E-state index in [1.807, 2.05) is 20.8 Å². The lowest BCUT2D eigenvalue weighted by Gasteiger charge is -2.43. The first-order valence-corrected chi connectivity index (χ1v) is 11.9. The Bertz CT molecular complexity index is 942. The molecule has 2 N–H and O–H groups in total. The zero-order chi connectivity index (χ0) is 20.8. The number of hydrogen-bond acceptors (Lipinski definition) is 7. The van der Waals surface area contributed by atoms with E-state index in [1.54, 1.807) is 0 Å². The highest BCUT2D eigenvalue weighted by Crippen LogP contribution is 2.47.